The monoisotopic (exact) mass is 417 g/mol. The van der Waals surface area contributed by atoms with Crippen LogP contribution in [0.15, 0.2) is 48.5 Å². The van der Waals surface area contributed by atoms with Gasteiger partial charge in [-0.1, -0.05) is 58.9 Å². The minimum absolute atomic E-state index is 0. The molecule has 1 N–H and O–H groups in total. The normalized spacial score (nSPS) is 11.7. The molecule has 2 aromatic carbocycles. The van der Waals surface area contributed by atoms with Gasteiger partial charge in [0.15, 0.2) is 0 Å². The van der Waals surface area contributed by atoms with Crippen LogP contribution in [0.3, 0.4) is 0 Å². The number of H-pyrrole nitrogens is 1. The number of aromatic amines is 1. The van der Waals surface area contributed by atoms with E-state index < -0.39 is 18.3 Å². The van der Waals surface area contributed by atoms with Crippen molar-refractivity contribution in [2.75, 3.05) is 6.61 Å². The molecule has 0 saturated heterocycles. The van der Waals surface area contributed by atoms with Gasteiger partial charge in [-0.3, -0.25) is 0 Å². The Bertz CT molecular complexity index is 1010. The van der Waals surface area contributed by atoms with E-state index in [2.05, 4.69) is 42.6 Å². The Kier molecular flexibility index (Phi) is 7.40. The molecule has 3 nitrogen and oxygen atoms in total. The van der Waals surface area contributed by atoms with Gasteiger partial charge in [0.1, 0.15) is 0 Å². The van der Waals surface area contributed by atoms with E-state index in [1.807, 2.05) is 32.0 Å². The average Bonchev–Trinajstić information content (AvgIpc) is 3.12. The number of rotatable bonds is 5. The molecule has 0 radical (unpaired) electrons. The number of carbonyl (C=O) groups excluding carboxylic acids is 1. The zero-order valence-electron chi connectivity index (χ0n) is 18.6. The van der Waals surface area contributed by atoms with Crippen LogP contribution in [0.25, 0.3) is 22.2 Å². The van der Waals surface area contributed by atoms with Crippen molar-refractivity contribution in [2.45, 2.75) is 59.3 Å². The van der Waals surface area contributed by atoms with Gasteiger partial charge < -0.3 is 9.72 Å². The van der Waals surface area contributed by atoms with Crippen LogP contribution in [0.4, 0.5) is 8.78 Å². The van der Waals surface area contributed by atoms with E-state index in [1.165, 1.54) is 12.5 Å². The Morgan fingerprint density at radius 1 is 1.07 bits per heavy atom. The second-order valence-corrected chi connectivity index (χ2v) is 8.04. The minimum atomic E-state index is -3.54. The van der Waals surface area contributed by atoms with Crippen molar-refractivity contribution < 1.29 is 19.7 Å². The predicted octanol–water partition coefficient (Wildman–Crippen LogP) is 7.15. The number of benzene rings is 2. The van der Waals surface area contributed by atoms with Crippen molar-refractivity contribution in [2.24, 2.45) is 0 Å². The number of ether oxygens (including phenoxy) is 1. The third-order valence-corrected chi connectivity index (χ3v) is 4.72. The highest BCUT2D eigenvalue weighted by atomic mass is 19.3. The van der Waals surface area contributed by atoms with Gasteiger partial charge in [0.25, 0.3) is 0 Å². The predicted molar refractivity (Wildman–Crippen MR) is 121 cm³/mol. The Morgan fingerprint density at radius 3 is 2.40 bits per heavy atom. The van der Waals surface area contributed by atoms with E-state index in [9.17, 15) is 13.6 Å². The van der Waals surface area contributed by atoms with Crippen LogP contribution in [-0.2, 0) is 21.4 Å². The van der Waals surface area contributed by atoms with Crippen LogP contribution in [-0.4, -0.2) is 23.5 Å². The molecule has 3 aromatic rings. The Hall–Kier alpha value is -2.69. The van der Waals surface area contributed by atoms with E-state index in [4.69, 9.17) is 0 Å². The van der Waals surface area contributed by atoms with Crippen molar-refractivity contribution in [1.29, 1.82) is 0 Å². The molecule has 0 unspecified atom stereocenters. The van der Waals surface area contributed by atoms with Crippen LogP contribution in [0.1, 0.15) is 54.1 Å². The highest BCUT2D eigenvalue weighted by Crippen LogP contribution is 2.30. The van der Waals surface area contributed by atoms with Crippen LogP contribution in [0, 0.1) is 0 Å². The molecule has 0 amide bonds. The number of aromatic nitrogens is 1. The molecular formula is C25H33F2NO2. The summed E-state index contributed by atoms with van der Waals surface area (Å²) in [7, 11) is 0. The molecule has 1 aromatic heterocycles. The Morgan fingerprint density at radius 2 is 1.77 bits per heavy atom. The van der Waals surface area contributed by atoms with Gasteiger partial charge in [0, 0.05) is 24.4 Å². The zero-order chi connectivity index (χ0) is 22.5. The minimum Gasteiger partial charge on any atom is -0.462 e. The highest BCUT2D eigenvalue weighted by molar-refractivity contribution is 5.87. The smallest absolute Gasteiger partial charge is 0.377 e. The third kappa shape index (κ3) is 5.47. The quantitative estimate of drug-likeness (QED) is 0.448. The molecule has 0 saturated carbocycles. The molecule has 164 valence electrons. The first-order valence-corrected chi connectivity index (χ1v) is 10.4. The molecule has 0 bridgehead atoms. The van der Waals surface area contributed by atoms with Gasteiger partial charge in [0.05, 0.1) is 6.61 Å². The molecule has 30 heavy (non-hydrogen) atoms. The van der Waals surface area contributed by atoms with Crippen molar-refractivity contribution in [3.8, 4) is 11.3 Å². The molecule has 5 heteroatoms. The van der Waals surface area contributed by atoms with Gasteiger partial charge in [-0.2, -0.15) is 8.78 Å². The lowest BCUT2D eigenvalue weighted by Crippen LogP contribution is -2.33. The van der Waals surface area contributed by atoms with Gasteiger partial charge in [-0.25, -0.2) is 4.79 Å². The second kappa shape index (κ2) is 9.41. The summed E-state index contributed by atoms with van der Waals surface area (Å²) < 4.78 is 32.5. The van der Waals surface area contributed by atoms with Gasteiger partial charge in [0.2, 0.25) is 0 Å². The number of alkyl halides is 2. The lowest BCUT2D eigenvalue weighted by Gasteiger charge is -2.19. The third-order valence-electron chi connectivity index (χ3n) is 4.72. The van der Waals surface area contributed by atoms with E-state index in [-0.39, 0.29) is 13.4 Å². The molecule has 0 spiro atoms. The molecule has 1 heterocycles. The molecule has 0 aliphatic rings. The summed E-state index contributed by atoms with van der Waals surface area (Å²) in [5.74, 6) is -5.02. The van der Waals surface area contributed by atoms with Gasteiger partial charge in [-0.15, -0.1) is 0 Å². The summed E-state index contributed by atoms with van der Waals surface area (Å²) in [6, 6.07) is 15.3. The fraction of sp³-hybridized carbons (Fsp3) is 0.400. The lowest BCUT2D eigenvalue weighted by molar-refractivity contribution is -0.171. The van der Waals surface area contributed by atoms with Crippen LogP contribution in [0.5, 0.6) is 0 Å². The summed E-state index contributed by atoms with van der Waals surface area (Å²) in [5, 5.41) is 0.827. The van der Waals surface area contributed by atoms with Crippen LogP contribution < -0.4 is 0 Å². The molecule has 0 atom stereocenters. The summed E-state index contributed by atoms with van der Waals surface area (Å²) in [6.07, 6.45) is -0.679. The molecule has 0 aliphatic heterocycles. The maximum Gasteiger partial charge on any atom is 0.377 e. The topological polar surface area (TPSA) is 42.1 Å². The van der Waals surface area contributed by atoms with Gasteiger partial charge in [-0.05, 0) is 53.3 Å². The largest absolute Gasteiger partial charge is 0.462 e. The zero-order valence-corrected chi connectivity index (χ0v) is 18.6. The van der Waals surface area contributed by atoms with Gasteiger partial charge >= 0.3 is 11.9 Å². The Labute approximate surface area is 178 Å². The van der Waals surface area contributed by atoms with Crippen molar-refractivity contribution in [3.05, 3.63) is 59.7 Å². The van der Waals surface area contributed by atoms with Crippen molar-refractivity contribution in [3.63, 3.8) is 0 Å². The van der Waals surface area contributed by atoms with E-state index in [0.29, 0.717) is 5.56 Å². The molecular weight excluding hydrogens is 384 g/mol. The fourth-order valence-corrected chi connectivity index (χ4v) is 3.17. The number of fused-ring (bicyclic) bond motifs is 1. The number of carbonyl (C=O) groups is 1. The summed E-state index contributed by atoms with van der Waals surface area (Å²) in [4.78, 5) is 14.8. The van der Waals surface area contributed by atoms with E-state index >= 15 is 0 Å². The number of nitrogens with one attached hydrogen (secondary N) is 1. The SMILES string of the molecule is CC.CCOC(=O)C(F)(F)Cc1ccc2[nH]c(-c3cccc(C(C)(C)C)c3)cc2c1.[HH]. The van der Waals surface area contributed by atoms with Crippen LogP contribution >= 0.6 is 0 Å². The van der Waals surface area contributed by atoms with E-state index in [0.717, 1.165) is 22.2 Å². The van der Waals surface area contributed by atoms with Crippen molar-refractivity contribution in [1.82, 2.24) is 4.98 Å². The summed E-state index contributed by atoms with van der Waals surface area (Å²) in [6.45, 7) is 11.9. The molecule has 0 aliphatic carbocycles. The first kappa shape index (κ1) is 23.6. The average molecular weight is 418 g/mol. The highest BCUT2D eigenvalue weighted by Gasteiger charge is 2.40. The fourth-order valence-electron chi connectivity index (χ4n) is 3.17. The number of esters is 1. The standard InChI is InChI=1S/C23H25F2NO2.C2H6.H2/c1-5-28-21(27)23(24,25)14-15-9-10-19-17(11-15)13-20(26-19)16-7-6-8-18(12-16)22(2,3)4;1-2;/h6-13,26H,5,14H2,1-4H3;1-2H3;1H. The summed E-state index contributed by atoms with van der Waals surface area (Å²) >= 11 is 0. The first-order chi connectivity index (χ1) is 14.1. The van der Waals surface area contributed by atoms with Crippen molar-refractivity contribution >= 4 is 16.9 Å². The first-order valence-electron chi connectivity index (χ1n) is 10.4. The molecule has 3 rings (SSSR count). The number of hydrogen-bond donors (Lipinski definition) is 1. The number of halogens is 2. The second-order valence-electron chi connectivity index (χ2n) is 8.04. The maximum absolute atomic E-state index is 14.0. The molecule has 0 fully saturated rings. The Balaban J connectivity index is 0.00000156. The maximum atomic E-state index is 14.0. The number of hydrogen-bond acceptors (Lipinski definition) is 2. The lowest BCUT2D eigenvalue weighted by atomic mass is 9.86. The van der Waals surface area contributed by atoms with E-state index in [1.54, 1.807) is 18.2 Å². The summed E-state index contributed by atoms with van der Waals surface area (Å²) in [5.41, 5.74) is 4.48. The van der Waals surface area contributed by atoms with Crippen LogP contribution in [0.2, 0.25) is 0 Å².